The zero-order valence-electron chi connectivity index (χ0n) is 16.9. The fourth-order valence-corrected chi connectivity index (χ4v) is 3.61. The van der Waals surface area contributed by atoms with E-state index in [2.05, 4.69) is 15.5 Å². The van der Waals surface area contributed by atoms with Crippen molar-refractivity contribution in [3.63, 3.8) is 0 Å². The number of aromatic nitrogens is 4. The average Bonchev–Trinajstić information content (AvgIpc) is 3.18. The molecule has 0 N–H and O–H groups in total. The maximum Gasteiger partial charge on any atom is 0.233 e. The fraction of sp³-hybridized carbons (Fsp3) is 0.333. The van der Waals surface area contributed by atoms with E-state index in [1.54, 1.807) is 11.8 Å². The Bertz CT molecular complexity index is 912. The van der Waals surface area contributed by atoms with Crippen molar-refractivity contribution in [3.8, 4) is 5.75 Å². The molecule has 29 heavy (non-hydrogen) atoms. The number of ether oxygens (including phenoxy) is 1. The molecule has 0 atom stereocenters. The largest absolute Gasteiger partial charge is 0.497 e. The van der Waals surface area contributed by atoms with Crippen LogP contribution >= 0.6 is 11.8 Å². The highest BCUT2D eigenvalue weighted by Crippen LogP contribution is 2.19. The minimum absolute atomic E-state index is 0.0628. The summed E-state index contributed by atoms with van der Waals surface area (Å²) < 4.78 is 6.89. The molecule has 0 unspecified atom stereocenters. The first-order valence-electron chi connectivity index (χ1n) is 9.42. The Hall–Kier alpha value is -2.87. The van der Waals surface area contributed by atoms with E-state index >= 15 is 0 Å². The summed E-state index contributed by atoms with van der Waals surface area (Å²) >= 11 is 1.36. The smallest absolute Gasteiger partial charge is 0.233 e. The molecule has 0 aliphatic rings. The first kappa shape index (κ1) is 20.9. The molecule has 8 heteroatoms. The minimum atomic E-state index is 0.0628. The lowest BCUT2D eigenvalue weighted by molar-refractivity contribution is -0.130. The number of amides is 1. The summed E-state index contributed by atoms with van der Waals surface area (Å²) in [4.78, 5) is 14.7. The third-order valence-corrected chi connectivity index (χ3v) is 5.40. The predicted octanol–water partition coefficient (Wildman–Crippen LogP) is 3.26. The van der Waals surface area contributed by atoms with Gasteiger partial charge in [-0.2, -0.15) is 0 Å². The van der Waals surface area contributed by atoms with Gasteiger partial charge < -0.3 is 9.64 Å². The molecule has 0 radical (unpaired) electrons. The van der Waals surface area contributed by atoms with Crippen LogP contribution in [0.4, 0.5) is 0 Å². The molecule has 0 aliphatic carbocycles. The van der Waals surface area contributed by atoms with E-state index in [-0.39, 0.29) is 17.7 Å². The second-order valence-electron chi connectivity index (χ2n) is 6.86. The molecule has 0 saturated heterocycles. The second-order valence-corrected chi connectivity index (χ2v) is 7.80. The Balaban J connectivity index is 1.61. The van der Waals surface area contributed by atoms with Crippen LogP contribution in [0.3, 0.4) is 0 Å². The SMILES string of the molecule is COc1ccc(Cn2nnnc2SCC(=O)N(Cc2ccccc2)C(C)C)cc1. The third kappa shape index (κ3) is 5.80. The van der Waals surface area contributed by atoms with Crippen LogP contribution in [0.5, 0.6) is 5.75 Å². The summed E-state index contributed by atoms with van der Waals surface area (Å²) in [6, 6.07) is 17.9. The standard InChI is InChI=1S/C21H25N5O2S/c1-16(2)25(13-17-7-5-4-6-8-17)20(27)15-29-21-22-23-24-26(21)14-18-9-11-19(28-3)12-10-18/h4-12,16H,13-15H2,1-3H3. The van der Waals surface area contributed by atoms with Gasteiger partial charge in [-0.1, -0.05) is 54.2 Å². The molecule has 1 amide bonds. The summed E-state index contributed by atoms with van der Waals surface area (Å²) in [5.41, 5.74) is 2.17. The van der Waals surface area contributed by atoms with Crippen molar-refractivity contribution in [2.24, 2.45) is 0 Å². The third-order valence-electron chi connectivity index (χ3n) is 4.45. The molecule has 3 aromatic rings. The van der Waals surface area contributed by atoms with E-state index in [0.29, 0.717) is 18.2 Å². The number of tetrazole rings is 1. The van der Waals surface area contributed by atoms with E-state index in [1.807, 2.05) is 73.3 Å². The van der Waals surface area contributed by atoms with Gasteiger partial charge in [0.15, 0.2) is 0 Å². The van der Waals surface area contributed by atoms with E-state index in [1.165, 1.54) is 11.8 Å². The molecular weight excluding hydrogens is 386 g/mol. The van der Waals surface area contributed by atoms with Gasteiger partial charge in [0.1, 0.15) is 5.75 Å². The van der Waals surface area contributed by atoms with Crippen molar-refractivity contribution in [3.05, 3.63) is 65.7 Å². The van der Waals surface area contributed by atoms with E-state index in [0.717, 1.165) is 16.9 Å². The highest BCUT2D eigenvalue weighted by atomic mass is 32.2. The summed E-state index contributed by atoms with van der Waals surface area (Å²) in [5.74, 6) is 1.15. The number of carbonyl (C=O) groups is 1. The van der Waals surface area contributed by atoms with Gasteiger partial charge in [0.2, 0.25) is 11.1 Å². The van der Waals surface area contributed by atoms with Crippen molar-refractivity contribution in [1.29, 1.82) is 0 Å². The molecule has 1 aromatic heterocycles. The lowest BCUT2D eigenvalue weighted by atomic mass is 10.2. The lowest BCUT2D eigenvalue weighted by Crippen LogP contribution is -2.37. The highest BCUT2D eigenvalue weighted by Gasteiger charge is 2.19. The molecule has 0 bridgehead atoms. The van der Waals surface area contributed by atoms with Gasteiger partial charge in [-0.05, 0) is 47.5 Å². The number of hydrogen-bond donors (Lipinski definition) is 0. The monoisotopic (exact) mass is 411 g/mol. The Kier molecular flexibility index (Phi) is 7.24. The maximum atomic E-state index is 12.8. The molecule has 2 aromatic carbocycles. The van der Waals surface area contributed by atoms with Crippen LogP contribution in [0.2, 0.25) is 0 Å². The normalized spacial score (nSPS) is 10.9. The number of hydrogen-bond acceptors (Lipinski definition) is 6. The lowest BCUT2D eigenvalue weighted by Gasteiger charge is -2.26. The zero-order chi connectivity index (χ0) is 20.6. The molecule has 152 valence electrons. The van der Waals surface area contributed by atoms with Gasteiger partial charge in [-0.3, -0.25) is 4.79 Å². The van der Waals surface area contributed by atoms with Gasteiger partial charge >= 0.3 is 0 Å². The minimum Gasteiger partial charge on any atom is -0.497 e. The molecule has 0 saturated carbocycles. The number of thioether (sulfide) groups is 1. The summed E-state index contributed by atoms with van der Waals surface area (Å²) in [6.07, 6.45) is 0. The summed E-state index contributed by atoms with van der Waals surface area (Å²) in [7, 11) is 1.64. The van der Waals surface area contributed by atoms with Gasteiger partial charge in [0.05, 0.1) is 19.4 Å². The Morgan fingerprint density at radius 2 is 1.83 bits per heavy atom. The summed E-state index contributed by atoms with van der Waals surface area (Å²) in [5, 5.41) is 12.5. The molecule has 0 fully saturated rings. The molecule has 1 heterocycles. The van der Waals surface area contributed by atoms with Crippen LogP contribution in [0, 0.1) is 0 Å². The number of benzene rings is 2. The van der Waals surface area contributed by atoms with Crippen molar-refractivity contribution in [1.82, 2.24) is 25.1 Å². The molecule has 3 rings (SSSR count). The van der Waals surface area contributed by atoms with Crippen LogP contribution in [-0.2, 0) is 17.9 Å². The number of carbonyl (C=O) groups excluding carboxylic acids is 1. The highest BCUT2D eigenvalue weighted by molar-refractivity contribution is 7.99. The van der Waals surface area contributed by atoms with Gasteiger partial charge in [0, 0.05) is 12.6 Å². The molecular formula is C21H25N5O2S. The predicted molar refractivity (Wildman–Crippen MR) is 113 cm³/mol. The molecule has 7 nitrogen and oxygen atoms in total. The van der Waals surface area contributed by atoms with E-state index in [9.17, 15) is 4.79 Å². The van der Waals surface area contributed by atoms with Crippen molar-refractivity contribution in [2.75, 3.05) is 12.9 Å². The first-order chi connectivity index (χ1) is 14.1. The van der Waals surface area contributed by atoms with Crippen LogP contribution in [0.1, 0.15) is 25.0 Å². The Morgan fingerprint density at radius 1 is 1.10 bits per heavy atom. The number of nitrogens with zero attached hydrogens (tertiary/aromatic N) is 5. The fourth-order valence-electron chi connectivity index (χ4n) is 2.85. The molecule has 0 spiro atoms. The molecule has 0 aliphatic heterocycles. The average molecular weight is 412 g/mol. The first-order valence-corrected chi connectivity index (χ1v) is 10.4. The maximum absolute atomic E-state index is 12.8. The Labute approximate surface area is 175 Å². The van der Waals surface area contributed by atoms with Crippen LogP contribution < -0.4 is 4.74 Å². The van der Waals surface area contributed by atoms with Gasteiger partial charge in [-0.15, -0.1) is 5.10 Å². The van der Waals surface area contributed by atoms with Gasteiger partial charge in [-0.25, -0.2) is 4.68 Å². The van der Waals surface area contributed by atoms with Crippen molar-refractivity contribution in [2.45, 2.75) is 38.1 Å². The van der Waals surface area contributed by atoms with Crippen LogP contribution in [0.15, 0.2) is 59.8 Å². The zero-order valence-corrected chi connectivity index (χ0v) is 17.7. The van der Waals surface area contributed by atoms with Crippen molar-refractivity contribution < 1.29 is 9.53 Å². The van der Waals surface area contributed by atoms with Crippen molar-refractivity contribution >= 4 is 17.7 Å². The van der Waals surface area contributed by atoms with E-state index < -0.39 is 0 Å². The number of methoxy groups -OCH3 is 1. The van der Waals surface area contributed by atoms with Gasteiger partial charge in [0.25, 0.3) is 0 Å². The van der Waals surface area contributed by atoms with Crippen LogP contribution in [0.25, 0.3) is 0 Å². The quantitative estimate of drug-likeness (QED) is 0.503. The second kappa shape index (κ2) is 10.1. The Morgan fingerprint density at radius 3 is 2.48 bits per heavy atom. The topological polar surface area (TPSA) is 73.1 Å². The number of rotatable bonds is 9. The van der Waals surface area contributed by atoms with Crippen LogP contribution in [-0.4, -0.2) is 49.9 Å². The summed E-state index contributed by atoms with van der Waals surface area (Å²) in [6.45, 7) is 5.18. The van der Waals surface area contributed by atoms with E-state index in [4.69, 9.17) is 4.74 Å².